The van der Waals surface area contributed by atoms with E-state index in [1.165, 1.54) is 6.07 Å². The highest BCUT2D eigenvalue weighted by molar-refractivity contribution is 5.56. The zero-order valence-corrected chi connectivity index (χ0v) is 15.3. The van der Waals surface area contributed by atoms with Crippen molar-refractivity contribution in [3.8, 4) is 23.0 Å². The fourth-order valence-corrected chi connectivity index (χ4v) is 2.54. The van der Waals surface area contributed by atoms with Crippen LogP contribution in [0.25, 0.3) is 11.5 Å². The molecule has 0 N–H and O–H groups in total. The number of hydrogen-bond donors (Lipinski definition) is 0. The van der Waals surface area contributed by atoms with Gasteiger partial charge in [-0.15, -0.1) is 0 Å². The number of aryl methyl sites for hydroxylation is 1. The lowest BCUT2D eigenvalue weighted by Crippen LogP contribution is -2.19. The third-order valence-electron chi connectivity index (χ3n) is 3.78. The number of alkyl halides is 3. The fourth-order valence-electron chi connectivity index (χ4n) is 2.54. The van der Waals surface area contributed by atoms with Crippen LogP contribution in [-0.4, -0.2) is 34.5 Å². The van der Waals surface area contributed by atoms with Crippen LogP contribution in [0.2, 0.25) is 0 Å². The van der Waals surface area contributed by atoms with Crippen molar-refractivity contribution in [2.75, 3.05) is 13.2 Å². The summed E-state index contributed by atoms with van der Waals surface area (Å²) in [7, 11) is 0. The minimum absolute atomic E-state index is 0.0316. The minimum Gasteiger partial charge on any atom is -0.490 e. The first-order chi connectivity index (χ1) is 13.4. The second-order valence-electron chi connectivity index (χ2n) is 6.00. The molecule has 0 aliphatic heterocycles. The number of aromatic nitrogens is 3. The molecule has 0 aliphatic rings. The van der Waals surface area contributed by atoms with Crippen LogP contribution in [0.15, 0.2) is 41.2 Å². The van der Waals surface area contributed by atoms with Gasteiger partial charge in [0.1, 0.15) is 0 Å². The van der Waals surface area contributed by atoms with Crippen molar-refractivity contribution in [1.29, 1.82) is 0 Å². The Morgan fingerprint density at radius 1 is 1.11 bits per heavy atom. The van der Waals surface area contributed by atoms with Gasteiger partial charge in [0.2, 0.25) is 0 Å². The monoisotopic (exact) mass is 393 g/mol. The average Bonchev–Trinajstić information content (AvgIpc) is 3.09. The van der Waals surface area contributed by atoms with Crippen molar-refractivity contribution < 1.29 is 27.2 Å². The molecule has 3 aromatic rings. The quantitative estimate of drug-likeness (QED) is 0.594. The van der Waals surface area contributed by atoms with Crippen LogP contribution in [0, 0.1) is 6.92 Å². The van der Waals surface area contributed by atoms with E-state index in [1.54, 1.807) is 37.5 Å². The van der Waals surface area contributed by atoms with Crippen LogP contribution in [0.3, 0.4) is 0 Å². The maximum Gasteiger partial charge on any atom is 0.422 e. The van der Waals surface area contributed by atoms with E-state index in [0.717, 1.165) is 16.7 Å². The Morgan fingerprint density at radius 3 is 2.64 bits per heavy atom. The molecule has 0 saturated carbocycles. The Labute approximate surface area is 159 Å². The lowest BCUT2D eigenvalue weighted by molar-refractivity contribution is -0.153. The smallest absolute Gasteiger partial charge is 0.422 e. The summed E-state index contributed by atoms with van der Waals surface area (Å²) in [5, 5.41) is 3.97. The van der Waals surface area contributed by atoms with E-state index in [9.17, 15) is 13.2 Å². The molecular formula is C19H18F3N3O3. The molecule has 0 amide bonds. The molecule has 0 spiro atoms. The van der Waals surface area contributed by atoms with E-state index in [-0.39, 0.29) is 11.5 Å². The van der Waals surface area contributed by atoms with Gasteiger partial charge in [-0.25, -0.2) is 0 Å². The molecule has 0 aliphatic carbocycles. The van der Waals surface area contributed by atoms with E-state index in [4.69, 9.17) is 14.0 Å². The van der Waals surface area contributed by atoms with Gasteiger partial charge >= 0.3 is 6.18 Å². The Morgan fingerprint density at radius 2 is 1.93 bits per heavy atom. The molecule has 0 fully saturated rings. The van der Waals surface area contributed by atoms with Crippen LogP contribution in [0.5, 0.6) is 11.5 Å². The third kappa shape index (κ3) is 4.99. The molecule has 0 atom stereocenters. The summed E-state index contributed by atoms with van der Waals surface area (Å²) in [5.41, 5.74) is 2.45. The molecule has 28 heavy (non-hydrogen) atoms. The number of ether oxygens (including phenoxy) is 2. The summed E-state index contributed by atoms with van der Waals surface area (Å²) in [4.78, 5) is 8.40. The maximum absolute atomic E-state index is 12.4. The lowest BCUT2D eigenvalue weighted by Gasteiger charge is -2.14. The average molecular weight is 393 g/mol. The molecule has 3 rings (SSSR count). The SMILES string of the molecule is CCOc1cc(Cc2noc(-c3ccncc3C)n2)ccc1OCC(F)(F)F. The van der Waals surface area contributed by atoms with Crippen molar-refractivity contribution in [3.63, 3.8) is 0 Å². The predicted octanol–water partition coefficient (Wildman–Crippen LogP) is 4.37. The van der Waals surface area contributed by atoms with Crippen LogP contribution in [0.4, 0.5) is 13.2 Å². The standard InChI is InChI=1S/C19H18F3N3O3/c1-3-26-16-8-13(4-5-15(16)27-11-19(20,21)22)9-17-24-18(28-25-17)14-6-7-23-10-12(14)2/h4-8,10H,3,9,11H2,1-2H3. The highest BCUT2D eigenvalue weighted by Gasteiger charge is 2.29. The second-order valence-corrected chi connectivity index (χ2v) is 6.00. The molecule has 0 unspecified atom stereocenters. The van der Waals surface area contributed by atoms with Gasteiger partial charge in [0.25, 0.3) is 5.89 Å². The normalized spacial score (nSPS) is 11.5. The second kappa shape index (κ2) is 8.28. The highest BCUT2D eigenvalue weighted by atomic mass is 19.4. The third-order valence-corrected chi connectivity index (χ3v) is 3.78. The molecule has 0 saturated heterocycles. The first kappa shape index (κ1) is 19.7. The Bertz CT molecular complexity index is 941. The molecule has 0 bridgehead atoms. The number of benzene rings is 1. The van der Waals surface area contributed by atoms with E-state index < -0.39 is 12.8 Å². The largest absolute Gasteiger partial charge is 0.490 e. The number of rotatable bonds is 7. The molecule has 6 nitrogen and oxygen atoms in total. The topological polar surface area (TPSA) is 70.3 Å². The zero-order chi connectivity index (χ0) is 20.1. The van der Waals surface area contributed by atoms with Gasteiger partial charge in [0.05, 0.1) is 6.61 Å². The van der Waals surface area contributed by atoms with Crippen LogP contribution in [0.1, 0.15) is 23.9 Å². The van der Waals surface area contributed by atoms with Gasteiger partial charge < -0.3 is 14.0 Å². The number of hydrogen-bond acceptors (Lipinski definition) is 6. The molecule has 0 radical (unpaired) electrons. The first-order valence-corrected chi connectivity index (χ1v) is 8.54. The van der Waals surface area contributed by atoms with E-state index in [0.29, 0.717) is 24.7 Å². The van der Waals surface area contributed by atoms with E-state index >= 15 is 0 Å². The summed E-state index contributed by atoms with van der Waals surface area (Å²) in [6, 6.07) is 6.48. The minimum atomic E-state index is -4.42. The maximum atomic E-state index is 12.4. The highest BCUT2D eigenvalue weighted by Crippen LogP contribution is 2.31. The number of pyridine rings is 1. The summed E-state index contributed by atoms with van der Waals surface area (Å²) in [5.74, 6) is 1.09. The lowest BCUT2D eigenvalue weighted by atomic mass is 10.1. The molecule has 148 valence electrons. The van der Waals surface area contributed by atoms with Gasteiger partial charge in [-0.3, -0.25) is 4.98 Å². The van der Waals surface area contributed by atoms with Crippen molar-refractivity contribution in [1.82, 2.24) is 15.1 Å². The van der Waals surface area contributed by atoms with Gasteiger partial charge in [0.15, 0.2) is 23.9 Å². The van der Waals surface area contributed by atoms with Crippen molar-refractivity contribution in [2.45, 2.75) is 26.4 Å². The zero-order valence-electron chi connectivity index (χ0n) is 15.3. The van der Waals surface area contributed by atoms with E-state index in [1.807, 2.05) is 6.92 Å². The van der Waals surface area contributed by atoms with Crippen LogP contribution < -0.4 is 9.47 Å². The molecule has 9 heteroatoms. The first-order valence-electron chi connectivity index (χ1n) is 8.54. The summed E-state index contributed by atoms with van der Waals surface area (Å²) in [6.07, 6.45) is -0.755. The summed E-state index contributed by atoms with van der Waals surface area (Å²) in [6.45, 7) is 2.54. The van der Waals surface area contributed by atoms with Gasteiger partial charge in [-0.1, -0.05) is 11.2 Å². The van der Waals surface area contributed by atoms with Gasteiger partial charge in [0, 0.05) is 24.4 Å². The van der Waals surface area contributed by atoms with Crippen molar-refractivity contribution in [2.24, 2.45) is 0 Å². The number of nitrogens with zero attached hydrogens (tertiary/aromatic N) is 3. The number of halogens is 3. The predicted molar refractivity (Wildman–Crippen MR) is 94.2 cm³/mol. The van der Waals surface area contributed by atoms with Crippen LogP contribution >= 0.6 is 0 Å². The van der Waals surface area contributed by atoms with E-state index in [2.05, 4.69) is 15.1 Å². The molecular weight excluding hydrogens is 375 g/mol. The van der Waals surface area contributed by atoms with Gasteiger partial charge in [-0.05, 0) is 43.2 Å². The molecule has 2 aromatic heterocycles. The van der Waals surface area contributed by atoms with Crippen molar-refractivity contribution >= 4 is 0 Å². The van der Waals surface area contributed by atoms with Gasteiger partial charge in [-0.2, -0.15) is 18.2 Å². The van der Waals surface area contributed by atoms with Crippen LogP contribution in [-0.2, 0) is 6.42 Å². The Hall–Kier alpha value is -3.10. The Kier molecular flexibility index (Phi) is 5.81. The Balaban J connectivity index is 1.77. The molecule has 1 aromatic carbocycles. The molecule has 2 heterocycles. The van der Waals surface area contributed by atoms with Crippen molar-refractivity contribution in [3.05, 3.63) is 53.6 Å². The summed E-state index contributed by atoms with van der Waals surface area (Å²) >= 11 is 0. The summed E-state index contributed by atoms with van der Waals surface area (Å²) < 4.78 is 52.7. The fraction of sp³-hybridized carbons (Fsp3) is 0.316.